The zero-order chi connectivity index (χ0) is 19.0. The number of halogens is 2. The summed E-state index contributed by atoms with van der Waals surface area (Å²) in [5, 5.41) is 0.913. The van der Waals surface area contributed by atoms with Crippen molar-refractivity contribution >= 4 is 22.8 Å². The first kappa shape index (κ1) is 17.1. The summed E-state index contributed by atoms with van der Waals surface area (Å²) in [6.07, 6.45) is -1.77. The number of benzene rings is 1. The number of carbonyl (C=O) groups is 1. The van der Waals surface area contributed by atoms with Gasteiger partial charge in [0.25, 0.3) is 12.0 Å². The minimum absolute atomic E-state index is 0.0963. The van der Waals surface area contributed by atoms with Crippen molar-refractivity contribution in [1.82, 2.24) is 9.97 Å². The highest BCUT2D eigenvalue weighted by molar-refractivity contribution is 5.89. The molecule has 8 heteroatoms. The molecular formula is C19H15F2N3O3. The predicted molar refractivity (Wildman–Crippen MR) is 95.2 cm³/mol. The second-order valence-corrected chi connectivity index (χ2v) is 6.26. The molecule has 1 amide bonds. The maximum absolute atomic E-state index is 13.0. The highest BCUT2D eigenvalue weighted by atomic mass is 19.3. The minimum Gasteiger partial charge on any atom is -0.447 e. The molecular weight excluding hydrogens is 356 g/mol. The van der Waals surface area contributed by atoms with Crippen LogP contribution in [0, 0.1) is 0 Å². The number of ether oxygens (including phenoxy) is 1. The summed E-state index contributed by atoms with van der Waals surface area (Å²) in [6, 6.07) is 11.1. The fourth-order valence-electron chi connectivity index (χ4n) is 3.09. The number of cyclic esters (lactones) is 1. The summed E-state index contributed by atoms with van der Waals surface area (Å²) in [4.78, 5) is 31.8. The number of hydrogen-bond donors (Lipinski definition) is 1. The molecule has 138 valence electrons. The Balaban J connectivity index is 1.59. The molecule has 1 aromatic carbocycles. The molecule has 1 aliphatic rings. The van der Waals surface area contributed by atoms with Crippen LogP contribution in [0.1, 0.15) is 11.1 Å². The molecule has 1 aliphatic heterocycles. The van der Waals surface area contributed by atoms with E-state index in [2.05, 4.69) is 9.97 Å². The largest absolute Gasteiger partial charge is 0.447 e. The second-order valence-electron chi connectivity index (χ2n) is 6.26. The standard InChI is InChI=1S/C19H15F2N3O3/c20-17(21)15-10-27-19(26)24(15)16-6-5-11(9-22-16)7-13-8-12-3-1-2-4-14(12)23-18(13)25/h1-6,8-9,15,17H,7,10H2,(H,23,25)/t15-/m1/s1. The first-order chi connectivity index (χ1) is 13.0. The third-order valence-electron chi connectivity index (χ3n) is 4.48. The molecule has 0 aliphatic carbocycles. The van der Waals surface area contributed by atoms with E-state index in [1.54, 1.807) is 6.07 Å². The highest BCUT2D eigenvalue weighted by Crippen LogP contribution is 2.25. The summed E-state index contributed by atoms with van der Waals surface area (Å²) in [5.41, 5.74) is 1.85. The third-order valence-corrected chi connectivity index (χ3v) is 4.48. The van der Waals surface area contributed by atoms with Crippen LogP contribution in [-0.2, 0) is 11.2 Å². The lowest BCUT2D eigenvalue weighted by molar-refractivity contribution is 0.104. The lowest BCUT2D eigenvalue weighted by Crippen LogP contribution is -2.39. The molecule has 1 fully saturated rings. The van der Waals surface area contributed by atoms with Crippen LogP contribution in [0.4, 0.5) is 19.4 Å². The van der Waals surface area contributed by atoms with Gasteiger partial charge in [0.1, 0.15) is 18.5 Å². The Bertz CT molecular complexity index is 1050. The van der Waals surface area contributed by atoms with Gasteiger partial charge in [0, 0.05) is 23.7 Å². The molecule has 3 aromatic rings. The van der Waals surface area contributed by atoms with Gasteiger partial charge in [0.2, 0.25) is 0 Å². The van der Waals surface area contributed by atoms with E-state index in [1.165, 1.54) is 12.3 Å². The van der Waals surface area contributed by atoms with E-state index < -0.39 is 18.6 Å². The number of alkyl halides is 2. The number of amides is 1. The van der Waals surface area contributed by atoms with Crippen molar-refractivity contribution in [3.8, 4) is 0 Å². The number of H-pyrrole nitrogens is 1. The molecule has 1 atom stereocenters. The van der Waals surface area contributed by atoms with Crippen molar-refractivity contribution < 1.29 is 18.3 Å². The average molecular weight is 371 g/mol. The average Bonchev–Trinajstić information content (AvgIpc) is 3.05. The number of fused-ring (bicyclic) bond motifs is 1. The molecule has 2 aromatic heterocycles. The van der Waals surface area contributed by atoms with Gasteiger partial charge in [-0.3, -0.25) is 4.79 Å². The highest BCUT2D eigenvalue weighted by Gasteiger charge is 2.40. The molecule has 1 saturated heterocycles. The third kappa shape index (κ3) is 3.25. The zero-order valence-electron chi connectivity index (χ0n) is 14.1. The van der Waals surface area contributed by atoms with Crippen molar-refractivity contribution in [2.45, 2.75) is 18.9 Å². The zero-order valence-corrected chi connectivity index (χ0v) is 14.1. The summed E-state index contributed by atoms with van der Waals surface area (Å²) in [5.74, 6) is 0.0963. The lowest BCUT2D eigenvalue weighted by Gasteiger charge is -2.19. The molecule has 0 bridgehead atoms. The molecule has 4 rings (SSSR count). The molecule has 3 heterocycles. The summed E-state index contributed by atoms with van der Waals surface area (Å²) >= 11 is 0. The molecule has 0 radical (unpaired) electrons. The van der Waals surface area contributed by atoms with Crippen molar-refractivity contribution in [2.75, 3.05) is 11.5 Å². The van der Waals surface area contributed by atoms with Crippen LogP contribution in [0.3, 0.4) is 0 Å². The number of rotatable bonds is 4. The van der Waals surface area contributed by atoms with Gasteiger partial charge in [-0.2, -0.15) is 0 Å². The van der Waals surface area contributed by atoms with Crippen LogP contribution in [0.5, 0.6) is 0 Å². The van der Waals surface area contributed by atoms with E-state index in [4.69, 9.17) is 4.74 Å². The first-order valence-electron chi connectivity index (χ1n) is 8.33. The predicted octanol–water partition coefficient (Wildman–Crippen LogP) is 3.10. The van der Waals surface area contributed by atoms with Crippen LogP contribution < -0.4 is 10.5 Å². The van der Waals surface area contributed by atoms with E-state index in [0.29, 0.717) is 12.0 Å². The maximum atomic E-state index is 13.0. The van der Waals surface area contributed by atoms with Crippen molar-refractivity contribution in [3.63, 3.8) is 0 Å². The Kier molecular flexibility index (Phi) is 4.31. The van der Waals surface area contributed by atoms with Gasteiger partial charge < -0.3 is 9.72 Å². The van der Waals surface area contributed by atoms with E-state index >= 15 is 0 Å². The Morgan fingerprint density at radius 1 is 1.22 bits per heavy atom. The molecule has 6 nitrogen and oxygen atoms in total. The van der Waals surface area contributed by atoms with Crippen LogP contribution in [0.25, 0.3) is 10.9 Å². The summed E-state index contributed by atoms with van der Waals surface area (Å²) < 4.78 is 30.8. The van der Waals surface area contributed by atoms with Gasteiger partial charge in [-0.05, 0) is 29.1 Å². The van der Waals surface area contributed by atoms with Crippen LogP contribution >= 0.6 is 0 Å². The van der Waals surface area contributed by atoms with E-state index in [-0.39, 0.29) is 18.0 Å². The molecule has 0 saturated carbocycles. The Hall–Kier alpha value is -3.29. The topological polar surface area (TPSA) is 75.3 Å². The quantitative estimate of drug-likeness (QED) is 0.765. The second kappa shape index (κ2) is 6.79. The Morgan fingerprint density at radius 3 is 2.78 bits per heavy atom. The number of aromatic nitrogens is 2. The van der Waals surface area contributed by atoms with E-state index in [9.17, 15) is 18.4 Å². The number of carbonyl (C=O) groups excluding carboxylic acids is 1. The Labute approximate surface area is 152 Å². The van der Waals surface area contributed by atoms with Crippen LogP contribution in [0.15, 0.2) is 53.5 Å². The normalized spacial score (nSPS) is 16.9. The SMILES string of the molecule is O=C1OC[C@H](C(F)F)N1c1ccc(Cc2cc3ccccc3[nH]c2=O)cn1. The van der Waals surface area contributed by atoms with Gasteiger partial charge >= 0.3 is 6.09 Å². The van der Waals surface area contributed by atoms with Gasteiger partial charge in [0.05, 0.1) is 0 Å². The van der Waals surface area contributed by atoms with Gasteiger partial charge in [-0.15, -0.1) is 0 Å². The number of para-hydroxylation sites is 1. The van der Waals surface area contributed by atoms with Gasteiger partial charge in [-0.25, -0.2) is 23.5 Å². The minimum atomic E-state index is -2.73. The van der Waals surface area contributed by atoms with Crippen LogP contribution in [0.2, 0.25) is 0 Å². The molecule has 0 unspecified atom stereocenters. The number of nitrogens with one attached hydrogen (secondary N) is 1. The fourth-order valence-corrected chi connectivity index (χ4v) is 3.09. The monoisotopic (exact) mass is 371 g/mol. The number of pyridine rings is 2. The van der Waals surface area contributed by atoms with Crippen molar-refractivity contribution in [2.24, 2.45) is 0 Å². The van der Waals surface area contributed by atoms with Crippen molar-refractivity contribution in [3.05, 3.63) is 70.1 Å². The van der Waals surface area contributed by atoms with E-state index in [1.807, 2.05) is 30.3 Å². The smallest absolute Gasteiger partial charge is 0.416 e. The molecule has 1 N–H and O–H groups in total. The van der Waals surface area contributed by atoms with Crippen molar-refractivity contribution in [1.29, 1.82) is 0 Å². The Morgan fingerprint density at radius 2 is 2.04 bits per heavy atom. The number of nitrogens with zero attached hydrogens (tertiary/aromatic N) is 2. The number of aromatic amines is 1. The fraction of sp³-hybridized carbons (Fsp3) is 0.211. The van der Waals surface area contributed by atoms with Crippen LogP contribution in [-0.4, -0.2) is 35.1 Å². The maximum Gasteiger partial charge on any atom is 0.416 e. The lowest BCUT2D eigenvalue weighted by atomic mass is 10.1. The molecule has 27 heavy (non-hydrogen) atoms. The first-order valence-corrected chi connectivity index (χ1v) is 8.33. The summed E-state index contributed by atoms with van der Waals surface area (Å²) in [7, 11) is 0. The van der Waals surface area contributed by atoms with Gasteiger partial charge in [-0.1, -0.05) is 24.3 Å². The van der Waals surface area contributed by atoms with Gasteiger partial charge in [0.15, 0.2) is 0 Å². The molecule has 0 spiro atoms. The summed E-state index contributed by atoms with van der Waals surface area (Å²) in [6.45, 7) is -0.369. The number of anilines is 1. The number of hydrogen-bond acceptors (Lipinski definition) is 4. The van der Waals surface area contributed by atoms with E-state index in [0.717, 1.165) is 21.4 Å².